The van der Waals surface area contributed by atoms with Crippen molar-refractivity contribution in [2.45, 2.75) is 51.6 Å². The third-order valence-corrected chi connectivity index (χ3v) is 4.55. The fourth-order valence-electron chi connectivity index (χ4n) is 3.29. The van der Waals surface area contributed by atoms with E-state index in [1.807, 2.05) is 6.92 Å². The summed E-state index contributed by atoms with van der Waals surface area (Å²) in [5, 5.41) is 12.2. The van der Waals surface area contributed by atoms with E-state index in [1.165, 1.54) is 0 Å². The number of carbonyl (C=O) groups is 1. The SMILES string of the molecule is CCCO[C@@]1(C(=O)Nc2ccc(OC)cc2C#N)CCC[C@@H](C)C1. The number of carbonyl (C=O) groups excluding carboxylic acids is 1. The van der Waals surface area contributed by atoms with Crippen LogP contribution in [0.25, 0.3) is 0 Å². The molecule has 5 heteroatoms. The molecule has 1 N–H and O–H groups in total. The lowest BCUT2D eigenvalue weighted by molar-refractivity contribution is -0.148. The Kier molecular flexibility index (Phi) is 6.22. The number of ether oxygens (including phenoxy) is 2. The normalized spacial score (nSPS) is 23.3. The van der Waals surface area contributed by atoms with Crippen molar-refractivity contribution in [3.63, 3.8) is 0 Å². The highest BCUT2D eigenvalue weighted by Crippen LogP contribution is 2.36. The molecule has 1 amide bonds. The summed E-state index contributed by atoms with van der Waals surface area (Å²) in [6, 6.07) is 7.17. The van der Waals surface area contributed by atoms with Gasteiger partial charge in [-0.25, -0.2) is 0 Å². The first-order valence-corrected chi connectivity index (χ1v) is 8.58. The molecular formula is C19H26N2O3. The van der Waals surface area contributed by atoms with Gasteiger partial charge in [-0.15, -0.1) is 0 Å². The molecule has 0 aliphatic heterocycles. The van der Waals surface area contributed by atoms with E-state index in [1.54, 1.807) is 25.3 Å². The largest absolute Gasteiger partial charge is 0.497 e. The zero-order valence-electron chi connectivity index (χ0n) is 14.7. The van der Waals surface area contributed by atoms with Gasteiger partial charge in [0.25, 0.3) is 5.91 Å². The Hall–Kier alpha value is -2.06. The first-order valence-electron chi connectivity index (χ1n) is 8.58. The standard InChI is InChI=1S/C19H26N2O3/c1-4-10-24-19(9-5-6-14(2)12-19)18(22)21-17-8-7-16(23-3)11-15(17)13-20/h7-8,11,14H,4-6,9-10,12H2,1-3H3,(H,21,22)/t14-,19+/m1/s1. The molecule has 5 nitrogen and oxygen atoms in total. The number of benzene rings is 1. The topological polar surface area (TPSA) is 71.3 Å². The zero-order chi connectivity index (χ0) is 17.6. The number of hydrogen-bond donors (Lipinski definition) is 1. The Morgan fingerprint density at radius 1 is 1.50 bits per heavy atom. The molecule has 1 aliphatic carbocycles. The van der Waals surface area contributed by atoms with Gasteiger partial charge >= 0.3 is 0 Å². The molecule has 2 atom stereocenters. The second kappa shape index (κ2) is 8.16. The molecule has 1 aliphatic rings. The van der Waals surface area contributed by atoms with Crippen molar-refractivity contribution in [1.29, 1.82) is 5.26 Å². The second-order valence-electron chi connectivity index (χ2n) is 6.52. The van der Waals surface area contributed by atoms with Crippen molar-refractivity contribution in [2.75, 3.05) is 19.0 Å². The van der Waals surface area contributed by atoms with Gasteiger partial charge in [0.1, 0.15) is 17.4 Å². The lowest BCUT2D eigenvalue weighted by Gasteiger charge is -2.38. The number of rotatable bonds is 6. The summed E-state index contributed by atoms with van der Waals surface area (Å²) in [6.45, 7) is 4.76. The van der Waals surface area contributed by atoms with E-state index < -0.39 is 5.60 Å². The molecule has 1 saturated carbocycles. The van der Waals surface area contributed by atoms with Gasteiger partial charge in [0.15, 0.2) is 0 Å². The number of hydrogen-bond acceptors (Lipinski definition) is 4. The zero-order valence-corrected chi connectivity index (χ0v) is 14.7. The minimum atomic E-state index is -0.791. The van der Waals surface area contributed by atoms with Crippen molar-refractivity contribution in [2.24, 2.45) is 5.92 Å². The Morgan fingerprint density at radius 2 is 2.29 bits per heavy atom. The van der Waals surface area contributed by atoms with Crippen LogP contribution in [-0.2, 0) is 9.53 Å². The summed E-state index contributed by atoms with van der Waals surface area (Å²) in [7, 11) is 1.55. The predicted octanol–water partition coefficient (Wildman–Crippen LogP) is 3.88. The third-order valence-electron chi connectivity index (χ3n) is 4.55. The Balaban J connectivity index is 2.23. The molecule has 0 spiro atoms. The number of nitriles is 1. The van der Waals surface area contributed by atoms with Gasteiger partial charge in [-0.2, -0.15) is 5.26 Å². The van der Waals surface area contributed by atoms with E-state index in [2.05, 4.69) is 18.3 Å². The first kappa shape index (κ1) is 18.3. The maximum atomic E-state index is 13.0. The molecule has 1 aromatic rings. The van der Waals surface area contributed by atoms with Crippen LogP contribution >= 0.6 is 0 Å². The van der Waals surface area contributed by atoms with Crippen molar-refractivity contribution < 1.29 is 14.3 Å². The van der Waals surface area contributed by atoms with Crippen LogP contribution in [-0.4, -0.2) is 25.2 Å². The van der Waals surface area contributed by atoms with Gasteiger partial charge in [-0.05, 0) is 49.8 Å². The van der Waals surface area contributed by atoms with E-state index in [0.717, 1.165) is 32.1 Å². The Bertz CT molecular complexity index is 624. The lowest BCUT2D eigenvalue weighted by atomic mass is 9.78. The molecular weight excluding hydrogens is 304 g/mol. The second-order valence-corrected chi connectivity index (χ2v) is 6.52. The molecule has 0 unspecified atom stereocenters. The summed E-state index contributed by atoms with van der Waals surface area (Å²) >= 11 is 0. The highest BCUT2D eigenvalue weighted by Gasteiger charge is 2.42. The summed E-state index contributed by atoms with van der Waals surface area (Å²) in [5.41, 5.74) is 0.0959. The average Bonchev–Trinajstić information content (AvgIpc) is 2.60. The molecule has 0 bridgehead atoms. The molecule has 0 aromatic heterocycles. The van der Waals surface area contributed by atoms with Gasteiger partial charge in [0.05, 0.1) is 18.4 Å². The minimum absolute atomic E-state index is 0.149. The van der Waals surface area contributed by atoms with Crippen LogP contribution in [0, 0.1) is 17.2 Å². The number of methoxy groups -OCH3 is 1. The number of nitrogens with one attached hydrogen (secondary N) is 1. The smallest absolute Gasteiger partial charge is 0.256 e. The monoisotopic (exact) mass is 330 g/mol. The molecule has 24 heavy (non-hydrogen) atoms. The molecule has 1 fully saturated rings. The first-order chi connectivity index (χ1) is 11.5. The van der Waals surface area contributed by atoms with E-state index in [9.17, 15) is 10.1 Å². The van der Waals surface area contributed by atoms with Gasteiger partial charge in [-0.3, -0.25) is 4.79 Å². The van der Waals surface area contributed by atoms with E-state index in [0.29, 0.717) is 29.5 Å². The van der Waals surface area contributed by atoms with Gasteiger partial charge in [0.2, 0.25) is 0 Å². The van der Waals surface area contributed by atoms with Crippen molar-refractivity contribution in [1.82, 2.24) is 0 Å². The van der Waals surface area contributed by atoms with Crippen LogP contribution in [0.2, 0.25) is 0 Å². The number of nitrogens with zero attached hydrogens (tertiary/aromatic N) is 1. The molecule has 1 aromatic carbocycles. The van der Waals surface area contributed by atoms with Crippen LogP contribution in [0.3, 0.4) is 0 Å². The van der Waals surface area contributed by atoms with Gasteiger partial charge in [-0.1, -0.05) is 20.3 Å². The Morgan fingerprint density at radius 3 is 2.92 bits per heavy atom. The quantitative estimate of drug-likeness (QED) is 0.859. The van der Waals surface area contributed by atoms with E-state index in [4.69, 9.17) is 9.47 Å². The van der Waals surface area contributed by atoms with Crippen LogP contribution in [0.5, 0.6) is 5.75 Å². The van der Waals surface area contributed by atoms with Gasteiger partial charge in [0, 0.05) is 6.61 Å². The maximum absolute atomic E-state index is 13.0. The van der Waals surface area contributed by atoms with Crippen molar-refractivity contribution in [3.05, 3.63) is 23.8 Å². The fraction of sp³-hybridized carbons (Fsp3) is 0.579. The van der Waals surface area contributed by atoms with E-state index >= 15 is 0 Å². The Labute approximate surface area is 144 Å². The number of amides is 1. The fourth-order valence-corrected chi connectivity index (χ4v) is 3.29. The molecule has 0 radical (unpaired) electrons. The summed E-state index contributed by atoms with van der Waals surface area (Å²) in [6.07, 6.45) is 4.41. The highest BCUT2D eigenvalue weighted by molar-refractivity contribution is 5.98. The summed E-state index contributed by atoms with van der Waals surface area (Å²) in [5.74, 6) is 0.893. The van der Waals surface area contributed by atoms with Crippen molar-refractivity contribution >= 4 is 11.6 Å². The lowest BCUT2D eigenvalue weighted by Crippen LogP contribution is -2.48. The van der Waals surface area contributed by atoms with Crippen LogP contribution in [0.4, 0.5) is 5.69 Å². The minimum Gasteiger partial charge on any atom is -0.497 e. The maximum Gasteiger partial charge on any atom is 0.256 e. The number of anilines is 1. The van der Waals surface area contributed by atoms with Crippen LogP contribution in [0.15, 0.2) is 18.2 Å². The average molecular weight is 330 g/mol. The van der Waals surface area contributed by atoms with Crippen LogP contribution in [0.1, 0.15) is 51.5 Å². The van der Waals surface area contributed by atoms with Crippen molar-refractivity contribution in [3.8, 4) is 11.8 Å². The van der Waals surface area contributed by atoms with E-state index in [-0.39, 0.29) is 5.91 Å². The van der Waals surface area contributed by atoms with Gasteiger partial charge < -0.3 is 14.8 Å². The summed E-state index contributed by atoms with van der Waals surface area (Å²) in [4.78, 5) is 13.0. The highest BCUT2D eigenvalue weighted by atomic mass is 16.5. The molecule has 130 valence electrons. The molecule has 0 saturated heterocycles. The molecule has 2 rings (SSSR count). The predicted molar refractivity (Wildman–Crippen MR) is 92.9 cm³/mol. The molecule has 0 heterocycles. The third kappa shape index (κ3) is 4.07. The van der Waals surface area contributed by atoms with Crippen LogP contribution < -0.4 is 10.1 Å². The summed E-state index contributed by atoms with van der Waals surface area (Å²) < 4.78 is 11.2.